The number of thioether (sulfide) groups is 1. The van der Waals surface area contributed by atoms with Crippen LogP contribution in [0.1, 0.15) is 5.56 Å². The van der Waals surface area contributed by atoms with E-state index >= 15 is 0 Å². The van der Waals surface area contributed by atoms with Crippen molar-refractivity contribution in [1.82, 2.24) is 0 Å². The highest BCUT2D eigenvalue weighted by molar-refractivity contribution is 8.04. The van der Waals surface area contributed by atoms with Gasteiger partial charge in [-0.15, -0.1) is 0 Å². The number of nitrogens with zero attached hydrogens (tertiary/aromatic N) is 1. The number of ether oxygens (including phenoxy) is 1. The van der Waals surface area contributed by atoms with Gasteiger partial charge >= 0.3 is 0 Å². The van der Waals surface area contributed by atoms with Crippen molar-refractivity contribution in [2.75, 3.05) is 10.2 Å². The Morgan fingerprint density at radius 1 is 0.838 bits per heavy atom. The molecular weight excluding hydrogens is 511 g/mol. The Labute approximate surface area is 222 Å². The summed E-state index contributed by atoms with van der Waals surface area (Å²) in [7, 11) is 0. The van der Waals surface area contributed by atoms with Crippen molar-refractivity contribution in [1.29, 1.82) is 0 Å². The highest BCUT2D eigenvalue weighted by atomic mass is 35.5. The van der Waals surface area contributed by atoms with Crippen LogP contribution in [0.4, 0.5) is 15.8 Å². The lowest BCUT2D eigenvalue weighted by atomic mass is 10.2. The zero-order chi connectivity index (χ0) is 25.9. The fourth-order valence-corrected chi connectivity index (χ4v) is 4.79. The Morgan fingerprint density at radius 3 is 2.19 bits per heavy atom. The molecule has 1 aliphatic rings. The second kappa shape index (κ2) is 10.5. The Bertz CT molecular complexity index is 1510. The number of amides is 2. The van der Waals surface area contributed by atoms with Gasteiger partial charge in [0, 0.05) is 10.6 Å². The molecule has 8 heteroatoms. The van der Waals surface area contributed by atoms with Crippen LogP contribution in [0.5, 0.6) is 11.5 Å². The lowest BCUT2D eigenvalue weighted by Gasteiger charge is -2.16. The molecule has 4 aromatic carbocycles. The fourth-order valence-electron chi connectivity index (χ4n) is 3.68. The summed E-state index contributed by atoms with van der Waals surface area (Å²) >= 11 is 7.12. The lowest BCUT2D eigenvalue weighted by Crippen LogP contribution is -2.32. The van der Waals surface area contributed by atoms with Crippen LogP contribution < -0.4 is 15.0 Å². The van der Waals surface area contributed by atoms with Crippen LogP contribution in [0.25, 0.3) is 0 Å². The molecular formula is C29H20ClFN2O3S. The zero-order valence-electron chi connectivity index (χ0n) is 19.6. The molecule has 5 rings (SSSR count). The molecule has 1 N–H and O–H groups in total. The maximum atomic E-state index is 13.7. The van der Waals surface area contributed by atoms with E-state index in [1.807, 2.05) is 61.5 Å². The van der Waals surface area contributed by atoms with Crippen LogP contribution in [-0.2, 0) is 9.59 Å². The van der Waals surface area contributed by atoms with Crippen LogP contribution in [0.2, 0.25) is 5.02 Å². The van der Waals surface area contributed by atoms with Crippen molar-refractivity contribution in [2.24, 2.45) is 0 Å². The molecule has 0 radical (unpaired) electrons. The molecule has 0 aliphatic carbocycles. The van der Waals surface area contributed by atoms with E-state index in [0.717, 1.165) is 15.4 Å². The monoisotopic (exact) mass is 530 g/mol. The van der Waals surface area contributed by atoms with E-state index in [1.165, 1.54) is 30.0 Å². The third-order valence-corrected chi connectivity index (χ3v) is 6.93. The van der Waals surface area contributed by atoms with E-state index < -0.39 is 17.6 Å². The standard InChI is InChI=1S/C29H20ClFN2O3S/c1-18-7-14-23(15-8-18)37-27-26(32-19-9-16-25(31)24(30)17-19)28(34)33(29(27)35)20-10-12-22(13-11-20)36-21-5-3-2-4-6-21/h2-17,32H,1H3. The minimum Gasteiger partial charge on any atom is -0.457 e. The molecule has 0 unspecified atom stereocenters. The van der Waals surface area contributed by atoms with Gasteiger partial charge < -0.3 is 10.1 Å². The van der Waals surface area contributed by atoms with E-state index in [9.17, 15) is 14.0 Å². The van der Waals surface area contributed by atoms with Gasteiger partial charge in [0.05, 0.1) is 10.7 Å². The van der Waals surface area contributed by atoms with Crippen molar-refractivity contribution in [2.45, 2.75) is 11.8 Å². The van der Waals surface area contributed by atoms with E-state index in [4.69, 9.17) is 16.3 Å². The number of halogens is 2. The normalized spacial score (nSPS) is 13.3. The Kier molecular flexibility index (Phi) is 6.99. The van der Waals surface area contributed by atoms with Gasteiger partial charge in [0.25, 0.3) is 11.8 Å². The Morgan fingerprint density at radius 2 is 1.51 bits per heavy atom. The summed E-state index contributed by atoms with van der Waals surface area (Å²) in [6, 6.07) is 27.6. The first kappa shape index (κ1) is 24.6. The summed E-state index contributed by atoms with van der Waals surface area (Å²) in [6.45, 7) is 1.97. The highest BCUT2D eigenvalue weighted by Crippen LogP contribution is 2.38. The van der Waals surface area contributed by atoms with Crippen LogP contribution in [0.3, 0.4) is 0 Å². The molecule has 184 valence electrons. The quantitative estimate of drug-likeness (QED) is 0.250. The smallest absolute Gasteiger partial charge is 0.283 e. The average molecular weight is 531 g/mol. The predicted molar refractivity (Wildman–Crippen MR) is 145 cm³/mol. The summed E-state index contributed by atoms with van der Waals surface area (Å²) in [5.41, 5.74) is 1.94. The third kappa shape index (κ3) is 5.38. The van der Waals surface area contributed by atoms with Crippen molar-refractivity contribution in [3.8, 4) is 11.5 Å². The number of imide groups is 1. The molecule has 0 fully saturated rings. The largest absolute Gasteiger partial charge is 0.457 e. The maximum Gasteiger partial charge on any atom is 0.283 e. The van der Waals surface area contributed by atoms with Gasteiger partial charge in [-0.2, -0.15) is 0 Å². The SMILES string of the molecule is Cc1ccc(SC2=C(Nc3ccc(F)c(Cl)c3)C(=O)N(c3ccc(Oc4ccccc4)cc3)C2=O)cc1. The van der Waals surface area contributed by atoms with Gasteiger partial charge in [0.2, 0.25) is 0 Å². The summed E-state index contributed by atoms with van der Waals surface area (Å²) in [4.78, 5) is 29.2. The average Bonchev–Trinajstić information content (AvgIpc) is 3.12. The highest BCUT2D eigenvalue weighted by Gasteiger charge is 2.40. The number of benzene rings is 4. The second-order valence-corrected chi connectivity index (χ2v) is 9.72. The molecule has 2 amide bonds. The van der Waals surface area contributed by atoms with Crippen molar-refractivity contribution in [3.05, 3.63) is 124 Å². The van der Waals surface area contributed by atoms with Gasteiger partial charge in [0.15, 0.2) is 0 Å². The first-order valence-electron chi connectivity index (χ1n) is 11.3. The fraction of sp³-hybridized carbons (Fsp3) is 0.0345. The van der Waals surface area contributed by atoms with Crippen LogP contribution >= 0.6 is 23.4 Å². The molecule has 37 heavy (non-hydrogen) atoms. The van der Waals surface area contributed by atoms with Gasteiger partial charge in [-0.1, -0.05) is 59.3 Å². The Balaban J connectivity index is 1.45. The van der Waals surface area contributed by atoms with E-state index in [-0.39, 0.29) is 15.6 Å². The number of hydrogen-bond acceptors (Lipinski definition) is 5. The molecule has 0 aromatic heterocycles. The maximum absolute atomic E-state index is 13.7. The first-order chi connectivity index (χ1) is 17.9. The van der Waals surface area contributed by atoms with E-state index in [1.54, 1.807) is 24.3 Å². The number of rotatable bonds is 7. The van der Waals surface area contributed by atoms with Crippen LogP contribution in [0.15, 0.2) is 113 Å². The van der Waals surface area contributed by atoms with Gasteiger partial charge in [-0.3, -0.25) is 9.59 Å². The van der Waals surface area contributed by atoms with Crippen LogP contribution in [0, 0.1) is 12.7 Å². The second-order valence-electron chi connectivity index (χ2n) is 8.23. The Hall–Kier alpha value is -4.07. The molecule has 0 saturated carbocycles. The molecule has 0 spiro atoms. The molecule has 1 heterocycles. The number of hydrogen-bond donors (Lipinski definition) is 1. The molecule has 5 nitrogen and oxygen atoms in total. The van der Waals surface area contributed by atoms with Crippen molar-refractivity contribution < 1.29 is 18.7 Å². The van der Waals surface area contributed by atoms with Gasteiger partial charge in [-0.25, -0.2) is 9.29 Å². The van der Waals surface area contributed by atoms with Gasteiger partial charge in [0.1, 0.15) is 27.9 Å². The van der Waals surface area contributed by atoms with Crippen LogP contribution in [-0.4, -0.2) is 11.8 Å². The summed E-state index contributed by atoms with van der Waals surface area (Å²) in [6.07, 6.45) is 0. The van der Waals surface area contributed by atoms with E-state index in [2.05, 4.69) is 5.32 Å². The first-order valence-corrected chi connectivity index (χ1v) is 12.5. The molecule has 0 saturated heterocycles. The summed E-state index contributed by atoms with van der Waals surface area (Å²) < 4.78 is 19.5. The number of para-hydroxylation sites is 1. The van der Waals surface area contributed by atoms with Crippen molar-refractivity contribution in [3.63, 3.8) is 0 Å². The number of carbonyl (C=O) groups excluding carboxylic acids is 2. The summed E-state index contributed by atoms with van der Waals surface area (Å²) in [5.74, 6) is -0.342. The predicted octanol–water partition coefficient (Wildman–Crippen LogP) is 7.57. The number of nitrogens with one attached hydrogen (secondary N) is 1. The zero-order valence-corrected chi connectivity index (χ0v) is 21.1. The molecule has 0 bridgehead atoms. The van der Waals surface area contributed by atoms with Gasteiger partial charge in [-0.05, 0) is 73.7 Å². The minimum absolute atomic E-state index is 0.0860. The summed E-state index contributed by atoms with van der Waals surface area (Å²) in [5, 5.41) is 2.89. The number of anilines is 2. The third-order valence-electron chi connectivity index (χ3n) is 5.55. The van der Waals surface area contributed by atoms with E-state index in [0.29, 0.717) is 22.9 Å². The minimum atomic E-state index is -0.580. The lowest BCUT2D eigenvalue weighted by molar-refractivity contribution is -0.120. The number of carbonyl (C=O) groups is 2. The van der Waals surface area contributed by atoms with Crippen molar-refractivity contribution >= 4 is 46.6 Å². The molecule has 0 atom stereocenters. The topological polar surface area (TPSA) is 58.6 Å². The molecule has 1 aliphatic heterocycles. The number of aryl methyl sites for hydroxylation is 1. The molecule has 4 aromatic rings.